The molecule has 1 aromatic carbocycles. The maximum atomic E-state index is 10.7. The van der Waals surface area contributed by atoms with E-state index in [2.05, 4.69) is 6.58 Å². The monoisotopic (exact) mass is 192 g/mol. The molecule has 1 aromatic rings. The second-order valence-corrected chi connectivity index (χ2v) is 2.96. The number of carboxylic acid groups (broad SMARTS) is 1. The molecule has 0 amide bonds. The molecule has 0 fully saturated rings. The van der Waals surface area contributed by atoms with E-state index in [1.807, 2.05) is 0 Å². The standard InChI is InChI=1S/C11H12O3/c1-2-9(11(13)14)10(12)8-6-4-3-5-7-8/h2-7,9-10,12H,1H2,(H,13,14)/t9-,10+/m1/s1. The summed E-state index contributed by atoms with van der Waals surface area (Å²) in [4.78, 5) is 10.7. The first kappa shape index (κ1) is 10.5. The van der Waals surface area contributed by atoms with Crippen LogP contribution in [0.5, 0.6) is 0 Å². The third-order valence-electron chi connectivity index (χ3n) is 2.02. The van der Waals surface area contributed by atoms with Crippen molar-refractivity contribution in [2.24, 2.45) is 5.92 Å². The van der Waals surface area contributed by atoms with Crippen molar-refractivity contribution in [3.05, 3.63) is 48.6 Å². The van der Waals surface area contributed by atoms with Gasteiger partial charge in [-0.1, -0.05) is 36.4 Å². The number of aliphatic carboxylic acids is 1. The fraction of sp³-hybridized carbons (Fsp3) is 0.182. The molecule has 0 saturated carbocycles. The minimum Gasteiger partial charge on any atom is -0.481 e. The van der Waals surface area contributed by atoms with Crippen molar-refractivity contribution in [1.29, 1.82) is 0 Å². The number of hydrogen-bond acceptors (Lipinski definition) is 2. The molecule has 0 unspecified atom stereocenters. The Bertz CT molecular complexity index is 319. The Kier molecular flexibility index (Phi) is 3.42. The Morgan fingerprint density at radius 3 is 2.36 bits per heavy atom. The summed E-state index contributed by atoms with van der Waals surface area (Å²) < 4.78 is 0. The van der Waals surface area contributed by atoms with Crippen molar-refractivity contribution in [3.63, 3.8) is 0 Å². The van der Waals surface area contributed by atoms with Crippen LogP contribution in [0.15, 0.2) is 43.0 Å². The molecule has 0 spiro atoms. The molecular formula is C11H12O3. The average molecular weight is 192 g/mol. The Hall–Kier alpha value is -1.61. The van der Waals surface area contributed by atoms with Gasteiger partial charge in [-0.3, -0.25) is 4.79 Å². The van der Waals surface area contributed by atoms with E-state index >= 15 is 0 Å². The van der Waals surface area contributed by atoms with Gasteiger partial charge in [0.15, 0.2) is 0 Å². The van der Waals surface area contributed by atoms with Gasteiger partial charge in [0, 0.05) is 0 Å². The minimum atomic E-state index is -1.07. The fourth-order valence-corrected chi connectivity index (χ4v) is 1.22. The van der Waals surface area contributed by atoms with Crippen molar-refractivity contribution in [1.82, 2.24) is 0 Å². The van der Waals surface area contributed by atoms with Crippen LogP contribution in [-0.2, 0) is 4.79 Å². The van der Waals surface area contributed by atoms with Crippen LogP contribution in [0.2, 0.25) is 0 Å². The van der Waals surface area contributed by atoms with Crippen LogP contribution in [0.4, 0.5) is 0 Å². The Morgan fingerprint density at radius 2 is 1.93 bits per heavy atom. The Labute approximate surface area is 82.3 Å². The van der Waals surface area contributed by atoms with E-state index in [-0.39, 0.29) is 0 Å². The van der Waals surface area contributed by atoms with E-state index in [0.29, 0.717) is 5.56 Å². The number of benzene rings is 1. The quantitative estimate of drug-likeness (QED) is 0.712. The summed E-state index contributed by atoms with van der Waals surface area (Å²) in [5, 5.41) is 18.5. The van der Waals surface area contributed by atoms with Gasteiger partial charge in [0.25, 0.3) is 0 Å². The van der Waals surface area contributed by atoms with Gasteiger partial charge in [0.05, 0.1) is 6.10 Å². The number of aliphatic hydroxyl groups excluding tert-OH is 1. The second kappa shape index (κ2) is 4.58. The molecule has 0 saturated heterocycles. The highest BCUT2D eigenvalue weighted by Gasteiger charge is 2.24. The maximum absolute atomic E-state index is 10.7. The molecular weight excluding hydrogens is 180 g/mol. The summed E-state index contributed by atoms with van der Waals surface area (Å²) in [6.07, 6.45) is 0.200. The van der Waals surface area contributed by atoms with Gasteiger partial charge in [-0.2, -0.15) is 0 Å². The van der Waals surface area contributed by atoms with Crippen molar-refractivity contribution in [2.75, 3.05) is 0 Å². The number of carboxylic acids is 1. The van der Waals surface area contributed by atoms with Crippen LogP contribution in [0, 0.1) is 5.92 Å². The van der Waals surface area contributed by atoms with E-state index in [4.69, 9.17) is 5.11 Å². The summed E-state index contributed by atoms with van der Waals surface area (Å²) in [6, 6.07) is 8.68. The maximum Gasteiger partial charge on any atom is 0.313 e. The molecule has 1 rings (SSSR count). The first-order valence-corrected chi connectivity index (χ1v) is 4.25. The van der Waals surface area contributed by atoms with Gasteiger partial charge in [0.2, 0.25) is 0 Å². The predicted molar refractivity (Wildman–Crippen MR) is 52.7 cm³/mol. The fourth-order valence-electron chi connectivity index (χ4n) is 1.22. The number of carbonyl (C=O) groups is 1. The summed E-state index contributed by atoms with van der Waals surface area (Å²) in [5.74, 6) is -2.03. The predicted octanol–water partition coefficient (Wildman–Crippen LogP) is 1.61. The largest absolute Gasteiger partial charge is 0.481 e. The van der Waals surface area contributed by atoms with Crippen LogP contribution in [0.3, 0.4) is 0 Å². The van der Waals surface area contributed by atoms with Crippen LogP contribution in [0.1, 0.15) is 11.7 Å². The molecule has 0 aromatic heterocycles. The molecule has 74 valence electrons. The van der Waals surface area contributed by atoms with Crippen LogP contribution in [0.25, 0.3) is 0 Å². The molecule has 2 atom stereocenters. The third kappa shape index (κ3) is 2.20. The lowest BCUT2D eigenvalue weighted by Crippen LogP contribution is -2.19. The van der Waals surface area contributed by atoms with E-state index in [0.717, 1.165) is 0 Å². The molecule has 0 aliphatic heterocycles. The topological polar surface area (TPSA) is 57.5 Å². The molecule has 0 heterocycles. The lowest BCUT2D eigenvalue weighted by atomic mass is 9.96. The first-order chi connectivity index (χ1) is 6.66. The summed E-state index contributed by atoms with van der Waals surface area (Å²) in [5.41, 5.74) is 0.583. The molecule has 3 nitrogen and oxygen atoms in total. The lowest BCUT2D eigenvalue weighted by molar-refractivity contribution is -0.143. The Balaban J connectivity index is 2.88. The SMILES string of the molecule is C=C[C@@H](C(=O)O)[C@@H](O)c1ccccc1. The molecule has 0 aliphatic rings. The summed E-state index contributed by atoms with van der Waals surface area (Å²) in [7, 11) is 0. The molecule has 0 radical (unpaired) electrons. The van der Waals surface area contributed by atoms with E-state index in [9.17, 15) is 9.90 Å². The van der Waals surface area contributed by atoms with Crippen molar-refractivity contribution >= 4 is 5.97 Å². The van der Waals surface area contributed by atoms with Crippen molar-refractivity contribution < 1.29 is 15.0 Å². The smallest absolute Gasteiger partial charge is 0.313 e. The molecule has 0 bridgehead atoms. The normalized spacial score (nSPS) is 14.4. The first-order valence-electron chi connectivity index (χ1n) is 4.25. The Morgan fingerprint density at radius 1 is 1.36 bits per heavy atom. The summed E-state index contributed by atoms with van der Waals surface area (Å²) in [6.45, 7) is 3.39. The molecule has 3 heteroatoms. The number of aliphatic hydroxyl groups is 1. The van der Waals surface area contributed by atoms with E-state index < -0.39 is 18.0 Å². The zero-order valence-electron chi connectivity index (χ0n) is 7.63. The van der Waals surface area contributed by atoms with Crippen LogP contribution >= 0.6 is 0 Å². The van der Waals surface area contributed by atoms with E-state index in [1.165, 1.54) is 6.08 Å². The molecule has 14 heavy (non-hydrogen) atoms. The highest BCUT2D eigenvalue weighted by molar-refractivity contribution is 5.73. The molecule has 2 N–H and O–H groups in total. The van der Waals surface area contributed by atoms with E-state index in [1.54, 1.807) is 30.3 Å². The van der Waals surface area contributed by atoms with Gasteiger partial charge in [0.1, 0.15) is 5.92 Å². The zero-order chi connectivity index (χ0) is 10.6. The number of rotatable bonds is 4. The van der Waals surface area contributed by atoms with Gasteiger partial charge < -0.3 is 10.2 Å². The third-order valence-corrected chi connectivity index (χ3v) is 2.02. The van der Waals surface area contributed by atoms with Gasteiger partial charge in [-0.15, -0.1) is 6.58 Å². The van der Waals surface area contributed by atoms with Crippen LogP contribution in [-0.4, -0.2) is 16.2 Å². The van der Waals surface area contributed by atoms with Crippen molar-refractivity contribution in [3.8, 4) is 0 Å². The number of hydrogen-bond donors (Lipinski definition) is 2. The highest BCUT2D eigenvalue weighted by Crippen LogP contribution is 2.22. The van der Waals surface area contributed by atoms with Gasteiger partial charge in [-0.25, -0.2) is 0 Å². The average Bonchev–Trinajstić information content (AvgIpc) is 2.19. The second-order valence-electron chi connectivity index (χ2n) is 2.96. The minimum absolute atomic E-state index is 0.583. The summed E-state index contributed by atoms with van der Waals surface area (Å²) >= 11 is 0. The lowest BCUT2D eigenvalue weighted by Gasteiger charge is -2.15. The van der Waals surface area contributed by atoms with Crippen LogP contribution < -0.4 is 0 Å². The highest BCUT2D eigenvalue weighted by atomic mass is 16.4. The van der Waals surface area contributed by atoms with Crippen molar-refractivity contribution in [2.45, 2.75) is 6.10 Å². The molecule has 0 aliphatic carbocycles. The van der Waals surface area contributed by atoms with Gasteiger partial charge >= 0.3 is 5.97 Å². The van der Waals surface area contributed by atoms with Gasteiger partial charge in [-0.05, 0) is 5.56 Å². The zero-order valence-corrected chi connectivity index (χ0v) is 7.63.